The molecule has 2 heteroatoms. The van der Waals surface area contributed by atoms with Crippen molar-refractivity contribution in [2.75, 3.05) is 6.54 Å². The Morgan fingerprint density at radius 2 is 1.12 bits per heavy atom. The van der Waals surface area contributed by atoms with Gasteiger partial charge in [0.05, 0.1) is 0 Å². The Morgan fingerprint density at radius 3 is 1.75 bits per heavy atom. The highest BCUT2D eigenvalue weighted by atomic mass is 16.5. The minimum Gasteiger partial charge on any atom is -0.489 e. The van der Waals surface area contributed by atoms with Crippen molar-refractivity contribution < 1.29 is 4.74 Å². The van der Waals surface area contributed by atoms with Gasteiger partial charge in [0.1, 0.15) is 12.4 Å². The first-order chi connectivity index (χ1) is 15.9. The van der Waals surface area contributed by atoms with Crippen LogP contribution in [0.4, 0.5) is 0 Å². The smallest absolute Gasteiger partial charge is 0.124 e. The van der Waals surface area contributed by atoms with Crippen molar-refractivity contribution in [2.24, 2.45) is 0 Å². The molecule has 0 saturated carbocycles. The van der Waals surface area contributed by atoms with Crippen molar-refractivity contribution in [1.29, 1.82) is 0 Å². The van der Waals surface area contributed by atoms with Gasteiger partial charge in [-0.3, -0.25) is 0 Å². The Balaban J connectivity index is 1.42. The van der Waals surface area contributed by atoms with E-state index < -0.39 is 0 Å². The van der Waals surface area contributed by atoms with E-state index in [1.54, 1.807) is 0 Å². The quantitative estimate of drug-likeness (QED) is 0.209. The summed E-state index contributed by atoms with van der Waals surface area (Å²) in [5.41, 5.74) is 2.45. The molecule has 0 atom stereocenters. The average Bonchev–Trinajstić information content (AvgIpc) is 2.83. The molecule has 1 N–H and O–H groups in total. The number of unbranched alkanes of at least 4 members (excludes halogenated alkanes) is 13. The Morgan fingerprint density at radius 1 is 0.594 bits per heavy atom. The largest absolute Gasteiger partial charge is 0.489 e. The Hall–Kier alpha value is -1.80. The van der Waals surface area contributed by atoms with Gasteiger partial charge in [0, 0.05) is 12.1 Å². The third-order valence-corrected chi connectivity index (χ3v) is 6.23. The molecule has 0 aliphatic heterocycles. The highest BCUT2D eigenvalue weighted by Gasteiger charge is 2.03. The first-order valence-corrected chi connectivity index (χ1v) is 13.4. The van der Waals surface area contributed by atoms with E-state index >= 15 is 0 Å². The monoisotopic (exact) mass is 437 g/mol. The average molecular weight is 438 g/mol. The van der Waals surface area contributed by atoms with Crippen LogP contribution < -0.4 is 10.1 Å². The molecule has 0 unspecified atom stereocenters. The third-order valence-electron chi connectivity index (χ3n) is 6.23. The molecule has 2 aromatic carbocycles. The second-order valence-electron chi connectivity index (χ2n) is 9.15. The highest BCUT2D eigenvalue weighted by molar-refractivity contribution is 5.33. The van der Waals surface area contributed by atoms with Gasteiger partial charge in [-0.2, -0.15) is 0 Å². The molecule has 178 valence electrons. The Bertz CT molecular complexity index is 670. The van der Waals surface area contributed by atoms with Crippen LogP contribution in [0, 0.1) is 0 Å². The van der Waals surface area contributed by atoms with Crippen molar-refractivity contribution in [3.8, 4) is 5.75 Å². The minimum atomic E-state index is 0.622. The molecule has 2 aromatic rings. The molecule has 0 aliphatic rings. The molecule has 2 rings (SSSR count). The summed E-state index contributed by atoms with van der Waals surface area (Å²) in [6.07, 6.45) is 19.8. The zero-order valence-corrected chi connectivity index (χ0v) is 20.6. The van der Waals surface area contributed by atoms with Crippen LogP contribution in [0.1, 0.15) is 108 Å². The van der Waals surface area contributed by atoms with Gasteiger partial charge in [-0.1, -0.05) is 139 Å². The van der Waals surface area contributed by atoms with E-state index in [0.717, 1.165) is 18.8 Å². The zero-order valence-electron chi connectivity index (χ0n) is 20.6. The second-order valence-corrected chi connectivity index (χ2v) is 9.15. The summed E-state index contributed by atoms with van der Waals surface area (Å²) >= 11 is 0. The molecule has 0 aliphatic carbocycles. The molecule has 0 bridgehead atoms. The van der Waals surface area contributed by atoms with Crippen LogP contribution in [0.2, 0.25) is 0 Å². The summed E-state index contributed by atoms with van der Waals surface area (Å²) in [7, 11) is 0. The van der Waals surface area contributed by atoms with Gasteiger partial charge < -0.3 is 10.1 Å². The molecule has 0 heterocycles. The van der Waals surface area contributed by atoms with Gasteiger partial charge in [0.25, 0.3) is 0 Å². The first-order valence-electron chi connectivity index (χ1n) is 13.4. The number of para-hydroxylation sites is 1. The lowest BCUT2D eigenvalue weighted by atomic mass is 10.0. The predicted octanol–water partition coefficient (Wildman–Crippen LogP) is 8.84. The summed E-state index contributed by atoms with van der Waals surface area (Å²) < 4.78 is 6.06. The van der Waals surface area contributed by atoms with E-state index in [9.17, 15) is 0 Å². The van der Waals surface area contributed by atoms with Gasteiger partial charge >= 0.3 is 0 Å². The van der Waals surface area contributed by atoms with Crippen molar-refractivity contribution >= 4 is 0 Å². The number of ether oxygens (including phenoxy) is 1. The van der Waals surface area contributed by atoms with Crippen molar-refractivity contribution in [3.63, 3.8) is 0 Å². The summed E-state index contributed by atoms with van der Waals surface area (Å²) in [4.78, 5) is 0. The number of rotatable bonds is 20. The third kappa shape index (κ3) is 12.9. The predicted molar refractivity (Wildman–Crippen MR) is 139 cm³/mol. The molecule has 0 radical (unpaired) electrons. The fraction of sp³-hybridized carbons (Fsp3) is 0.600. The van der Waals surface area contributed by atoms with Crippen LogP contribution in [-0.2, 0) is 13.2 Å². The molecule has 0 spiro atoms. The molecular formula is C30H47NO. The first kappa shape index (κ1) is 26.5. The Labute approximate surface area is 198 Å². The molecular weight excluding hydrogens is 390 g/mol. The molecule has 0 aromatic heterocycles. The van der Waals surface area contributed by atoms with Crippen molar-refractivity contribution in [1.82, 2.24) is 5.32 Å². The van der Waals surface area contributed by atoms with E-state index in [1.807, 2.05) is 6.07 Å². The molecule has 0 saturated heterocycles. The van der Waals surface area contributed by atoms with Gasteiger partial charge in [-0.25, -0.2) is 0 Å². The highest BCUT2D eigenvalue weighted by Crippen LogP contribution is 2.19. The molecule has 32 heavy (non-hydrogen) atoms. The summed E-state index contributed by atoms with van der Waals surface area (Å²) in [6, 6.07) is 18.8. The van der Waals surface area contributed by atoms with Gasteiger partial charge in [0.15, 0.2) is 0 Å². The van der Waals surface area contributed by atoms with Crippen LogP contribution in [-0.4, -0.2) is 6.54 Å². The maximum absolute atomic E-state index is 6.06. The van der Waals surface area contributed by atoms with E-state index in [1.165, 1.54) is 101 Å². The van der Waals surface area contributed by atoms with E-state index in [4.69, 9.17) is 4.74 Å². The maximum atomic E-state index is 6.06. The fourth-order valence-electron chi connectivity index (χ4n) is 4.19. The minimum absolute atomic E-state index is 0.622. The summed E-state index contributed by atoms with van der Waals surface area (Å²) in [5.74, 6) is 0.991. The summed E-state index contributed by atoms with van der Waals surface area (Å²) in [6.45, 7) is 4.88. The number of nitrogens with one attached hydrogen (secondary N) is 1. The number of hydrogen-bond donors (Lipinski definition) is 1. The molecule has 0 amide bonds. The fourth-order valence-corrected chi connectivity index (χ4v) is 4.19. The topological polar surface area (TPSA) is 21.3 Å². The lowest BCUT2D eigenvalue weighted by Gasteiger charge is -2.12. The Kier molecular flexibility index (Phi) is 15.5. The zero-order chi connectivity index (χ0) is 22.5. The van der Waals surface area contributed by atoms with Crippen LogP contribution in [0.5, 0.6) is 5.75 Å². The van der Waals surface area contributed by atoms with Gasteiger partial charge in [-0.15, -0.1) is 0 Å². The van der Waals surface area contributed by atoms with Crippen molar-refractivity contribution in [2.45, 2.75) is 110 Å². The number of benzene rings is 2. The molecule has 0 fully saturated rings. The van der Waals surface area contributed by atoms with Gasteiger partial charge in [0.2, 0.25) is 0 Å². The lowest BCUT2D eigenvalue weighted by Crippen LogP contribution is -2.15. The maximum Gasteiger partial charge on any atom is 0.124 e. The van der Waals surface area contributed by atoms with Crippen LogP contribution in [0.3, 0.4) is 0 Å². The normalized spacial score (nSPS) is 11.0. The second kappa shape index (κ2) is 18.7. The number of hydrogen-bond acceptors (Lipinski definition) is 2. The van der Waals surface area contributed by atoms with E-state index in [2.05, 4.69) is 60.8 Å². The van der Waals surface area contributed by atoms with E-state index in [0.29, 0.717) is 6.61 Å². The van der Waals surface area contributed by atoms with Gasteiger partial charge in [-0.05, 0) is 24.6 Å². The van der Waals surface area contributed by atoms with Crippen LogP contribution in [0.15, 0.2) is 54.6 Å². The van der Waals surface area contributed by atoms with Crippen LogP contribution >= 0.6 is 0 Å². The van der Waals surface area contributed by atoms with Crippen LogP contribution in [0.25, 0.3) is 0 Å². The lowest BCUT2D eigenvalue weighted by molar-refractivity contribution is 0.302. The van der Waals surface area contributed by atoms with E-state index in [-0.39, 0.29) is 0 Å². The summed E-state index contributed by atoms with van der Waals surface area (Å²) in [5, 5.41) is 3.60. The standard InChI is InChI=1S/C30H47NO/c1-2-3-4-5-6-7-8-9-10-11-12-13-14-20-25-31-26-29-23-18-19-24-30(29)32-27-28-21-16-15-17-22-28/h15-19,21-24,31H,2-14,20,25-27H2,1H3. The molecule has 2 nitrogen and oxygen atoms in total. The van der Waals surface area contributed by atoms with Crippen molar-refractivity contribution in [3.05, 3.63) is 65.7 Å². The SMILES string of the molecule is CCCCCCCCCCCCCCCCNCc1ccccc1OCc1ccccc1.